The van der Waals surface area contributed by atoms with E-state index in [9.17, 15) is 4.39 Å². The summed E-state index contributed by atoms with van der Waals surface area (Å²) in [6, 6.07) is 4.95. The molecule has 1 N–H and O–H groups in total. The van der Waals surface area contributed by atoms with Gasteiger partial charge in [0, 0.05) is 19.6 Å². The molecule has 1 heterocycles. The van der Waals surface area contributed by atoms with Gasteiger partial charge in [0.25, 0.3) is 0 Å². The standard InChI is InChI=1S/C17H26ClFN2O/c1-13-11-21(12-14(2)22-13)8-4-3-7-20-10-15-5-6-16(18)17(19)9-15/h5-6,9,13-14,20H,3-4,7-8,10-12H2,1-2H3. The van der Waals surface area contributed by atoms with Gasteiger partial charge in [-0.05, 0) is 57.5 Å². The molecule has 3 nitrogen and oxygen atoms in total. The number of nitrogens with one attached hydrogen (secondary N) is 1. The number of hydrogen-bond acceptors (Lipinski definition) is 3. The average Bonchev–Trinajstić information content (AvgIpc) is 2.45. The number of rotatable bonds is 7. The van der Waals surface area contributed by atoms with Crippen LogP contribution in [0.4, 0.5) is 4.39 Å². The molecule has 1 aliphatic rings. The fourth-order valence-electron chi connectivity index (χ4n) is 2.93. The molecule has 1 aromatic carbocycles. The molecular formula is C17H26ClFN2O. The third-order valence-electron chi connectivity index (χ3n) is 3.89. The Bertz CT molecular complexity index is 462. The van der Waals surface area contributed by atoms with Crippen LogP contribution in [0, 0.1) is 5.82 Å². The second kappa shape index (κ2) is 8.82. The summed E-state index contributed by atoms with van der Waals surface area (Å²) in [4.78, 5) is 2.48. The molecular weight excluding hydrogens is 303 g/mol. The zero-order valence-corrected chi connectivity index (χ0v) is 14.2. The van der Waals surface area contributed by atoms with Gasteiger partial charge in [0.15, 0.2) is 0 Å². The maximum absolute atomic E-state index is 13.3. The first-order valence-electron chi connectivity index (χ1n) is 8.07. The lowest BCUT2D eigenvalue weighted by atomic mass is 10.2. The first kappa shape index (κ1) is 17.7. The number of unbranched alkanes of at least 4 members (excludes halogenated alkanes) is 1. The van der Waals surface area contributed by atoms with Crippen molar-refractivity contribution in [1.29, 1.82) is 0 Å². The predicted molar refractivity (Wildman–Crippen MR) is 88.8 cm³/mol. The van der Waals surface area contributed by atoms with Gasteiger partial charge in [-0.3, -0.25) is 4.90 Å². The Morgan fingerprint density at radius 2 is 2.00 bits per heavy atom. The van der Waals surface area contributed by atoms with Crippen molar-refractivity contribution in [1.82, 2.24) is 10.2 Å². The first-order valence-corrected chi connectivity index (χ1v) is 8.45. The van der Waals surface area contributed by atoms with Crippen molar-refractivity contribution in [3.63, 3.8) is 0 Å². The third kappa shape index (κ3) is 5.84. The molecule has 0 aliphatic carbocycles. The van der Waals surface area contributed by atoms with Crippen LogP contribution in [0.2, 0.25) is 5.02 Å². The van der Waals surface area contributed by atoms with E-state index in [1.165, 1.54) is 12.5 Å². The highest BCUT2D eigenvalue weighted by Crippen LogP contribution is 2.15. The molecule has 0 saturated carbocycles. The van der Waals surface area contributed by atoms with Crippen LogP contribution in [-0.4, -0.2) is 43.3 Å². The lowest BCUT2D eigenvalue weighted by molar-refractivity contribution is -0.0681. The topological polar surface area (TPSA) is 24.5 Å². The Balaban J connectivity index is 1.56. The van der Waals surface area contributed by atoms with Crippen molar-refractivity contribution in [3.8, 4) is 0 Å². The molecule has 0 bridgehead atoms. The van der Waals surface area contributed by atoms with Gasteiger partial charge >= 0.3 is 0 Å². The SMILES string of the molecule is CC1CN(CCCCNCc2ccc(Cl)c(F)c2)CC(C)O1. The van der Waals surface area contributed by atoms with Crippen molar-refractivity contribution >= 4 is 11.6 Å². The summed E-state index contributed by atoms with van der Waals surface area (Å²) in [5.41, 5.74) is 0.928. The van der Waals surface area contributed by atoms with Gasteiger partial charge in [-0.1, -0.05) is 17.7 Å². The van der Waals surface area contributed by atoms with Crippen LogP contribution < -0.4 is 5.32 Å². The number of ether oxygens (including phenoxy) is 1. The van der Waals surface area contributed by atoms with Gasteiger partial charge in [-0.25, -0.2) is 4.39 Å². The molecule has 1 aromatic rings. The van der Waals surface area contributed by atoms with E-state index in [1.54, 1.807) is 6.07 Å². The molecule has 2 rings (SSSR count). The number of nitrogens with zero attached hydrogens (tertiary/aromatic N) is 1. The number of hydrogen-bond donors (Lipinski definition) is 1. The highest BCUT2D eigenvalue weighted by molar-refractivity contribution is 6.30. The van der Waals surface area contributed by atoms with Crippen LogP contribution in [0.15, 0.2) is 18.2 Å². The van der Waals surface area contributed by atoms with E-state index in [0.29, 0.717) is 18.8 Å². The molecule has 0 radical (unpaired) electrons. The summed E-state index contributed by atoms with van der Waals surface area (Å²) in [5, 5.41) is 3.53. The van der Waals surface area contributed by atoms with Crippen molar-refractivity contribution in [3.05, 3.63) is 34.6 Å². The van der Waals surface area contributed by atoms with Crippen LogP contribution in [0.5, 0.6) is 0 Å². The quantitative estimate of drug-likeness (QED) is 0.776. The zero-order chi connectivity index (χ0) is 15.9. The van der Waals surface area contributed by atoms with E-state index in [2.05, 4.69) is 24.1 Å². The molecule has 22 heavy (non-hydrogen) atoms. The summed E-state index contributed by atoms with van der Waals surface area (Å²) < 4.78 is 19.0. The Morgan fingerprint density at radius 1 is 1.27 bits per heavy atom. The molecule has 1 saturated heterocycles. The highest BCUT2D eigenvalue weighted by atomic mass is 35.5. The smallest absolute Gasteiger partial charge is 0.142 e. The van der Waals surface area contributed by atoms with Gasteiger partial charge in [0.05, 0.1) is 17.2 Å². The fourth-order valence-corrected chi connectivity index (χ4v) is 3.05. The monoisotopic (exact) mass is 328 g/mol. The van der Waals surface area contributed by atoms with Crippen LogP contribution >= 0.6 is 11.6 Å². The van der Waals surface area contributed by atoms with Gasteiger partial charge < -0.3 is 10.1 Å². The molecule has 0 aromatic heterocycles. The maximum Gasteiger partial charge on any atom is 0.142 e. The summed E-state index contributed by atoms with van der Waals surface area (Å²) >= 11 is 5.67. The van der Waals surface area contributed by atoms with E-state index in [4.69, 9.17) is 16.3 Å². The second-order valence-corrected chi connectivity index (χ2v) is 6.56. The molecule has 1 aliphatic heterocycles. The van der Waals surface area contributed by atoms with E-state index in [1.807, 2.05) is 6.07 Å². The van der Waals surface area contributed by atoms with Crippen molar-refractivity contribution in [2.45, 2.75) is 45.4 Å². The minimum Gasteiger partial charge on any atom is -0.373 e. The van der Waals surface area contributed by atoms with Gasteiger partial charge in [-0.15, -0.1) is 0 Å². The van der Waals surface area contributed by atoms with Crippen molar-refractivity contribution in [2.24, 2.45) is 0 Å². The zero-order valence-electron chi connectivity index (χ0n) is 13.4. The van der Waals surface area contributed by atoms with Gasteiger partial charge in [0.1, 0.15) is 5.82 Å². The Labute approximate surface area is 137 Å². The molecule has 2 unspecified atom stereocenters. The molecule has 0 amide bonds. The van der Waals surface area contributed by atoms with Crippen molar-refractivity contribution in [2.75, 3.05) is 26.2 Å². The fraction of sp³-hybridized carbons (Fsp3) is 0.647. The largest absolute Gasteiger partial charge is 0.373 e. The predicted octanol–water partition coefficient (Wildman–Crippen LogP) is 3.46. The maximum atomic E-state index is 13.3. The van der Waals surface area contributed by atoms with Crippen LogP contribution in [0.3, 0.4) is 0 Å². The minimum atomic E-state index is -0.350. The Morgan fingerprint density at radius 3 is 2.68 bits per heavy atom. The lowest BCUT2D eigenvalue weighted by Crippen LogP contribution is -2.45. The molecule has 5 heteroatoms. The third-order valence-corrected chi connectivity index (χ3v) is 4.19. The molecule has 0 spiro atoms. The number of benzene rings is 1. The normalized spacial score (nSPS) is 22.9. The van der Waals surface area contributed by atoms with E-state index >= 15 is 0 Å². The van der Waals surface area contributed by atoms with Gasteiger partial charge in [0.2, 0.25) is 0 Å². The van der Waals surface area contributed by atoms with E-state index in [0.717, 1.165) is 38.2 Å². The van der Waals surface area contributed by atoms with Crippen LogP contribution in [0.25, 0.3) is 0 Å². The minimum absolute atomic E-state index is 0.178. The molecule has 2 atom stereocenters. The summed E-state index contributed by atoms with van der Waals surface area (Å²) in [6.07, 6.45) is 2.96. The van der Waals surface area contributed by atoms with E-state index < -0.39 is 0 Å². The van der Waals surface area contributed by atoms with Crippen molar-refractivity contribution < 1.29 is 9.13 Å². The summed E-state index contributed by atoms with van der Waals surface area (Å²) in [7, 11) is 0. The average molecular weight is 329 g/mol. The molecule has 1 fully saturated rings. The summed E-state index contributed by atoms with van der Waals surface area (Å²) in [6.45, 7) is 9.07. The van der Waals surface area contributed by atoms with Gasteiger partial charge in [-0.2, -0.15) is 0 Å². The van der Waals surface area contributed by atoms with Crippen LogP contribution in [0.1, 0.15) is 32.3 Å². The van der Waals surface area contributed by atoms with E-state index in [-0.39, 0.29) is 10.8 Å². The van der Waals surface area contributed by atoms with Crippen LogP contribution in [-0.2, 0) is 11.3 Å². The lowest BCUT2D eigenvalue weighted by Gasteiger charge is -2.35. The Kier molecular flexibility index (Phi) is 7.09. The number of morpholine rings is 1. The molecule has 124 valence electrons. The first-order chi connectivity index (χ1) is 10.5. The number of halogens is 2. The highest BCUT2D eigenvalue weighted by Gasteiger charge is 2.21. The second-order valence-electron chi connectivity index (χ2n) is 6.15. The Hall–Kier alpha value is -0.680. The summed E-state index contributed by atoms with van der Waals surface area (Å²) in [5.74, 6) is -0.350.